The zero-order chi connectivity index (χ0) is 22.3. The Balaban J connectivity index is 1.60. The van der Waals surface area contributed by atoms with Crippen LogP contribution in [0.25, 0.3) is 28.0 Å². The van der Waals surface area contributed by atoms with E-state index >= 15 is 0 Å². The quantitative estimate of drug-likeness (QED) is 0.215. The molecule has 0 bridgehead atoms. The highest BCUT2D eigenvalue weighted by atomic mass is 32.2. The van der Waals surface area contributed by atoms with Gasteiger partial charge in [0.1, 0.15) is 17.4 Å². The predicted octanol–water partition coefficient (Wildman–Crippen LogP) is 5.64. The van der Waals surface area contributed by atoms with Crippen LogP contribution in [0.1, 0.15) is 5.56 Å². The van der Waals surface area contributed by atoms with Crippen LogP contribution in [0.5, 0.6) is 5.75 Å². The monoisotopic (exact) mass is 445 g/mol. The second-order valence-electron chi connectivity index (χ2n) is 6.68. The molecule has 4 rings (SSSR count). The number of benzene rings is 2. The summed E-state index contributed by atoms with van der Waals surface area (Å²) in [6, 6.07) is 15.7. The number of hydrogen-bond donors (Lipinski definition) is 1. The molecule has 0 fully saturated rings. The maximum atomic E-state index is 13.5. The number of nitrogens with one attached hydrogen (secondary N) is 1. The summed E-state index contributed by atoms with van der Waals surface area (Å²) in [5.41, 5.74) is 2.88. The van der Waals surface area contributed by atoms with Gasteiger partial charge in [-0.05, 0) is 54.6 Å². The number of aromatic nitrogens is 3. The molecular formula is C24H20FN5OS. The van der Waals surface area contributed by atoms with Gasteiger partial charge in [-0.3, -0.25) is 9.98 Å². The molecule has 0 aliphatic heterocycles. The highest BCUT2D eigenvalue weighted by molar-refractivity contribution is 8.02. The van der Waals surface area contributed by atoms with Crippen LogP contribution in [-0.4, -0.2) is 34.7 Å². The topological polar surface area (TPSA) is 72.3 Å². The Morgan fingerprint density at radius 2 is 2.09 bits per heavy atom. The molecule has 6 nitrogen and oxygen atoms in total. The van der Waals surface area contributed by atoms with Gasteiger partial charge in [-0.1, -0.05) is 12.1 Å². The summed E-state index contributed by atoms with van der Waals surface area (Å²) in [7, 11) is 1.62. The van der Waals surface area contributed by atoms with Crippen LogP contribution in [0.4, 0.5) is 10.2 Å². The molecule has 8 heteroatoms. The summed E-state index contributed by atoms with van der Waals surface area (Å²) >= 11 is 1.47. The third-order valence-corrected chi connectivity index (χ3v) is 5.33. The number of anilines is 1. The molecule has 0 aliphatic carbocycles. The summed E-state index contributed by atoms with van der Waals surface area (Å²) < 4.78 is 18.9. The van der Waals surface area contributed by atoms with Gasteiger partial charge < -0.3 is 10.1 Å². The van der Waals surface area contributed by atoms with E-state index in [4.69, 9.17) is 9.72 Å². The summed E-state index contributed by atoms with van der Waals surface area (Å²) in [6.45, 7) is 3.59. The number of aliphatic imine (C=N–C) groups is 1. The normalized spacial score (nSPS) is 11.4. The molecule has 0 amide bonds. The molecule has 0 atom stereocenters. The Bertz CT molecular complexity index is 1280. The van der Waals surface area contributed by atoms with Crippen molar-refractivity contribution in [3.63, 3.8) is 0 Å². The van der Waals surface area contributed by atoms with Gasteiger partial charge in [0.25, 0.3) is 0 Å². The number of halogens is 1. The van der Waals surface area contributed by atoms with Crippen molar-refractivity contribution in [2.75, 3.05) is 18.3 Å². The minimum Gasteiger partial charge on any atom is -0.497 e. The van der Waals surface area contributed by atoms with Gasteiger partial charge in [-0.25, -0.2) is 14.4 Å². The van der Waals surface area contributed by atoms with Crippen LogP contribution in [-0.2, 0) is 0 Å². The van der Waals surface area contributed by atoms with Crippen molar-refractivity contribution >= 4 is 40.9 Å². The third kappa shape index (κ3) is 4.92. The van der Waals surface area contributed by atoms with E-state index in [1.165, 1.54) is 23.9 Å². The Labute approximate surface area is 189 Å². The van der Waals surface area contributed by atoms with Crippen LogP contribution in [0.15, 0.2) is 77.4 Å². The van der Waals surface area contributed by atoms with E-state index in [1.807, 2.05) is 35.7 Å². The van der Waals surface area contributed by atoms with Gasteiger partial charge in [-0.15, -0.1) is 11.8 Å². The largest absolute Gasteiger partial charge is 0.497 e. The fourth-order valence-electron chi connectivity index (χ4n) is 3.07. The van der Waals surface area contributed by atoms with E-state index in [9.17, 15) is 4.39 Å². The maximum absolute atomic E-state index is 13.5. The zero-order valence-corrected chi connectivity index (χ0v) is 18.1. The summed E-state index contributed by atoms with van der Waals surface area (Å²) in [5, 5.41) is 6.02. The lowest BCUT2D eigenvalue weighted by Crippen LogP contribution is -2.03. The number of thioether (sulfide) groups is 1. The average molecular weight is 446 g/mol. The molecule has 4 aromatic rings. The predicted molar refractivity (Wildman–Crippen MR) is 129 cm³/mol. The number of hydrogen-bond acceptors (Lipinski definition) is 7. The van der Waals surface area contributed by atoms with Crippen LogP contribution < -0.4 is 10.1 Å². The molecule has 160 valence electrons. The first kappa shape index (κ1) is 21.5. The van der Waals surface area contributed by atoms with Crippen molar-refractivity contribution in [2.24, 2.45) is 4.99 Å². The van der Waals surface area contributed by atoms with E-state index < -0.39 is 0 Å². The van der Waals surface area contributed by atoms with E-state index in [-0.39, 0.29) is 5.82 Å². The minimum absolute atomic E-state index is 0.315. The molecule has 0 saturated heterocycles. The molecule has 2 heterocycles. The molecule has 0 unspecified atom stereocenters. The summed E-state index contributed by atoms with van der Waals surface area (Å²) in [5.74, 6) is 2.16. The first-order chi connectivity index (χ1) is 15.7. The van der Waals surface area contributed by atoms with Crippen LogP contribution in [0.3, 0.4) is 0 Å². The van der Waals surface area contributed by atoms with E-state index in [1.54, 1.807) is 31.6 Å². The van der Waals surface area contributed by atoms with Crippen molar-refractivity contribution in [1.82, 2.24) is 15.0 Å². The zero-order valence-electron chi connectivity index (χ0n) is 17.3. The smallest absolute Gasteiger partial charge is 0.163 e. The average Bonchev–Trinajstić information content (AvgIpc) is 2.84. The number of pyridine rings is 1. The molecule has 2 aromatic heterocycles. The number of rotatable bonds is 8. The fraction of sp³-hybridized carbons (Fsp3) is 0.0833. The van der Waals surface area contributed by atoms with Gasteiger partial charge in [0, 0.05) is 28.9 Å². The van der Waals surface area contributed by atoms with E-state index in [0.29, 0.717) is 28.8 Å². The summed E-state index contributed by atoms with van der Waals surface area (Å²) in [4.78, 5) is 17.6. The summed E-state index contributed by atoms with van der Waals surface area (Å²) in [6.07, 6.45) is 3.44. The molecule has 0 aliphatic rings. The SMILES string of the molecule is C=N/C(=C\SCNc1nc(-c2cccnc2)nc2ccc(OC)cc12)c1cccc(F)c1. The Morgan fingerprint density at radius 3 is 2.84 bits per heavy atom. The van der Waals surface area contributed by atoms with Gasteiger partial charge in [0.05, 0.1) is 24.2 Å². The fourth-order valence-corrected chi connectivity index (χ4v) is 3.74. The van der Waals surface area contributed by atoms with E-state index in [2.05, 4.69) is 27.0 Å². The number of fused-ring (bicyclic) bond motifs is 1. The molecule has 2 aromatic carbocycles. The Morgan fingerprint density at radius 1 is 1.19 bits per heavy atom. The van der Waals surface area contributed by atoms with Crippen LogP contribution in [0, 0.1) is 5.82 Å². The van der Waals surface area contributed by atoms with E-state index in [0.717, 1.165) is 22.2 Å². The second kappa shape index (κ2) is 10.0. The minimum atomic E-state index is -0.315. The van der Waals surface area contributed by atoms with Crippen molar-refractivity contribution in [3.05, 3.63) is 83.8 Å². The Hall–Kier alpha value is -3.78. The van der Waals surface area contributed by atoms with Gasteiger partial charge in [0.15, 0.2) is 5.82 Å². The highest BCUT2D eigenvalue weighted by Gasteiger charge is 2.11. The van der Waals surface area contributed by atoms with Crippen molar-refractivity contribution in [3.8, 4) is 17.1 Å². The van der Waals surface area contributed by atoms with Crippen molar-refractivity contribution in [2.45, 2.75) is 0 Å². The van der Waals surface area contributed by atoms with Gasteiger partial charge in [-0.2, -0.15) is 0 Å². The lowest BCUT2D eigenvalue weighted by Gasteiger charge is -2.11. The Kier molecular flexibility index (Phi) is 6.72. The van der Waals surface area contributed by atoms with Crippen LogP contribution >= 0.6 is 11.8 Å². The standard InChI is InChI=1S/C24H20FN5OS/c1-26-22(16-5-3-7-18(25)11-16)14-32-15-28-24-20-12-19(31-2)8-9-21(20)29-23(30-24)17-6-4-10-27-13-17/h3-14H,1,15H2,2H3,(H,28,29,30)/b22-14-. The highest BCUT2D eigenvalue weighted by Crippen LogP contribution is 2.29. The number of nitrogens with zero attached hydrogens (tertiary/aromatic N) is 4. The number of methoxy groups -OCH3 is 1. The first-order valence-electron chi connectivity index (χ1n) is 9.72. The lowest BCUT2D eigenvalue weighted by atomic mass is 10.2. The second-order valence-corrected chi connectivity index (χ2v) is 7.54. The number of ether oxygens (including phenoxy) is 1. The van der Waals surface area contributed by atoms with Gasteiger partial charge in [0.2, 0.25) is 0 Å². The maximum Gasteiger partial charge on any atom is 0.163 e. The molecule has 1 N–H and O–H groups in total. The molecule has 0 radical (unpaired) electrons. The molecule has 0 spiro atoms. The molecule has 0 saturated carbocycles. The van der Waals surface area contributed by atoms with Crippen molar-refractivity contribution < 1.29 is 9.13 Å². The van der Waals surface area contributed by atoms with Crippen molar-refractivity contribution in [1.29, 1.82) is 0 Å². The third-order valence-electron chi connectivity index (χ3n) is 4.63. The molecular weight excluding hydrogens is 425 g/mol. The lowest BCUT2D eigenvalue weighted by molar-refractivity contribution is 0.415. The van der Waals surface area contributed by atoms with Crippen LogP contribution in [0.2, 0.25) is 0 Å². The molecule has 32 heavy (non-hydrogen) atoms. The first-order valence-corrected chi connectivity index (χ1v) is 10.8. The van der Waals surface area contributed by atoms with Gasteiger partial charge >= 0.3 is 0 Å².